The molecule has 1 aromatic heterocycles. The van der Waals surface area contributed by atoms with E-state index in [1.54, 1.807) is 0 Å². The Morgan fingerprint density at radius 3 is 2.50 bits per heavy atom. The number of hydrogen-bond acceptors (Lipinski definition) is 5. The van der Waals surface area contributed by atoms with Gasteiger partial charge in [0.25, 0.3) is 5.56 Å². The SMILES string of the molecule is CC(C)N(C)CCNc1nn(C)c(=O)n(C)c1=O. The molecule has 0 fully saturated rings. The van der Waals surface area contributed by atoms with E-state index in [1.807, 2.05) is 7.05 Å². The summed E-state index contributed by atoms with van der Waals surface area (Å²) >= 11 is 0. The van der Waals surface area contributed by atoms with E-state index in [-0.39, 0.29) is 5.82 Å². The zero-order valence-corrected chi connectivity index (χ0v) is 11.6. The zero-order valence-electron chi connectivity index (χ0n) is 11.6. The number of anilines is 1. The number of hydrogen-bond donors (Lipinski definition) is 1. The molecule has 18 heavy (non-hydrogen) atoms. The molecule has 0 unspecified atom stereocenters. The second-order valence-electron chi connectivity index (χ2n) is 4.62. The second-order valence-corrected chi connectivity index (χ2v) is 4.62. The molecular weight excluding hydrogens is 234 g/mol. The molecule has 7 nitrogen and oxygen atoms in total. The monoisotopic (exact) mass is 255 g/mol. The van der Waals surface area contributed by atoms with Crippen LogP contribution < -0.4 is 16.6 Å². The van der Waals surface area contributed by atoms with Crippen LogP contribution in [0.2, 0.25) is 0 Å². The topological polar surface area (TPSA) is 72.2 Å². The Kier molecular flexibility index (Phi) is 4.66. The van der Waals surface area contributed by atoms with Crippen LogP contribution in [0.5, 0.6) is 0 Å². The second kappa shape index (κ2) is 5.81. The Labute approximate surface area is 106 Å². The summed E-state index contributed by atoms with van der Waals surface area (Å²) in [6.45, 7) is 5.60. The molecule has 0 bridgehead atoms. The van der Waals surface area contributed by atoms with E-state index in [0.717, 1.165) is 15.8 Å². The van der Waals surface area contributed by atoms with Crippen LogP contribution in [0.25, 0.3) is 0 Å². The Bertz CT molecular complexity index is 517. The maximum absolute atomic E-state index is 11.8. The minimum Gasteiger partial charge on any atom is -0.363 e. The number of likely N-dealkylation sites (N-methyl/N-ethyl adjacent to an activating group) is 1. The Morgan fingerprint density at radius 2 is 1.94 bits per heavy atom. The molecule has 1 aromatic rings. The highest BCUT2D eigenvalue weighted by atomic mass is 16.2. The van der Waals surface area contributed by atoms with Gasteiger partial charge in [0.1, 0.15) is 0 Å². The predicted molar refractivity (Wildman–Crippen MR) is 71.0 cm³/mol. The summed E-state index contributed by atoms with van der Waals surface area (Å²) in [4.78, 5) is 25.4. The van der Waals surface area contributed by atoms with Crippen LogP contribution in [0.15, 0.2) is 9.59 Å². The van der Waals surface area contributed by atoms with Crippen LogP contribution >= 0.6 is 0 Å². The third-order valence-electron chi connectivity index (χ3n) is 2.96. The molecule has 0 aliphatic rings. The van der Waals surface area contributed by atoms with Crippen molar-refractivity contribution in [2.75, 3.05) is 25.5 Å². The van der Waals surface area contributed by atoms with Gasteiger partial charge in [-0.2, -0.15) is 0 Å². The molecular formula is C11H21N5O2. The molecule has 0 saturated carbocycles. The summed E-state index contributed by atoms with van der Waals surface area (Å²) < 4.78 is 2.19. The van der Waals surface area contributed by atoms with Crippen LogP contribution in [0.3, 0.4) is 0 Å². The maximum Gasteiger partial charge on any atom is 0.346 e. The Balaban J connectivity index is 2.75. The summed E-state index contributed by atoms with van der Waals surface area (Å²) in [5, 5.41) is 6.88. The first kappa shape index (κ1) is 14.4. The van der Waals surface area contributed by atoms with Gasteiger partial charge >= 0.3 is 5.69 Å². The number of nitrogens with one attached hydrogen (secondary N) is 1. The van der Waals surface area contributed by atoms with Crippen molar-refractivity contribution in [2.24, 2.45) is 14.1 Å². The molecule has 0 spiro atoms. The molecule has 0 aliphatic heterocycles. The van der Waals surface area contributed by atoms with Gasteiger partial charge in [0.05, 0.1) is 0 Å². The number of nitrogens with zero attached hydrogens (tertiary/aromatic N) is 4. The van der Waals surface area contributed by atoms with E-state index >= 15 is 0 Å². The normalized spacial score (nSPS) is 11.3. The van der Waals surface area contributed by atoms with Gasteiger partial charge in [0.2, 0.25) is 5.82 Å². The molecule has 0 amide bonds. The highest BCUT2D eigenvalue weighted by Gasteiger charge is 2.08. The fourth-order valence-corrected chi connectivity index (χ4v) is 1.42. The van der Waals surface area contributed by atoms with Crippen LogP contribution in [0, 0.1) is 0 Å². The molecule has 1 N–H and O–H groups in total. The first-order valence-corrected chi connectivity index (χ1v) is 5.93. The van der Waals surface area contributed by atoms with E-state index in [0.29, 0.717) is 12.6 Å². The summed E-state index contributed by atoms with van der Waals surface area (Å²) in [7, 11) is 4.98. The third kappa shape index (κ3) is 3.19. The smallest absolute Gasteiger partial charge is 0.346 e. The Morgan fingerprint density at radius 1 is 1.33 bits per heavy atom. The van der Waals surface area contributed by atoms with Gasteiger partial charge in [0, 0.05) is 33.2 Å². The van der Waals surface area contributed by atoms with Crippen molar-refractivity contribution >= 4 is 5.82 Å². The lowest BCUT2D eigenvalue weighted by Crippen LogP contribution is -2.40. The standard InChI is InChI=1S/C11H21N5O2/c1-8(2)14(3)7-6-12-9-10(17)15(4)11(18)16(5)13-9/h8H,6-7H2,1-5H3,(H,12,13). The van der Waals surface area contributed by atoms with E-state index in [4.69, 9.17) is 0 Å². The number of aryl methyl sites for hydroxylation is 1. The van der Waals surface area contributed by atoms with Crippen molar-refractivity contribution in [1.82, 2.24) is 19.2 Å². The van der Waals surface area contributed by atoms with E-state index in [2.05, 4.69) is 29.2 Å². The van der Waals surface area contributed by atoms with Crippen molar-refractivity contribution in [3.05, 3.63) is 20.8 Å². The average Bonchev–Trinajstić information content (AvgIpc) is 2.32. The summed E-state index contributed by atoms with van der Waals surface area (Å²) in [5.74, 6) is 0.205. The first-order chi connectivity index (χ1) is 8.34. The van der Waals surface area contributed by atoms with Crippen molar-refractivity contribution in [1.29, 1.82) is 0 Å². The molecule has 1 heterocycles. The van der Waals surface area contributed by atoms with Gasteiger partial charge in [-0.15, -0.1) is 5.10 Å². The van der Waals surface area contributed by atoms with Crippen molar-refractivity contribution in [2.45, 2.75) is 19.9 Å². The van der Waals surface area contributed by atoms with Gasteiger partial charge in [-0.3, -0.25) is 9.36 Å². The Hall–Kier alpha value is -1.63. The highest BCUT2D eigenvalue weighted by Crippen LogP contribution is 1.93. The summed E-state index contributed by atoms with van der Waals surface area (Å²) in [5.41, 5.74) is -0.824. The number of rotatable bonds is 5. The van der Waals surface area contributed by atoms with Crippen molar-refractivity contribution in [3.8, 4) is 0 Å². The fraction of sp³-hybridized carbons (Fsp3) is 0.727. The van der Waals surface area contributed by atoms with Gasteiger partial charge < -0.3 is 10.2 Å². The molecule has 0 radical (unpaired) electrons. The minimum atomic E-state index is -0.426. The quantitative estimate of drug-likeness (QED) is 0.748. The average molecular weight is 255 g/mol. The molecule has 0 atom stereocenters. The molecule has 0 saturated heterocycles. The highest BCUT2D eigenvalue weighted by molar-refractivity contribution is 5.29. The largest absolute Gasteiger partial charge is 0.363 e. The van der Waals surface area contributed by atoms with Gasteiger partial charge in [-0.05, 0) is 20.9 Å². The third-order valence-corrected chi connectivity index (χ3v) is 2.96. The van der Waals surface area contributed by atoms with Crippen molar-refractivity contribution in [3.63, 3.8) is 0 Å². The lowest BCUT2D eigenvalue weighted by atomic mass is 10.3. The van der Waals surface area contributed by atoms with E-state index in [1.165, 1.54) is 14.1 Å². The van der Waals surface area contributed by atoms with Crippen LogP contribution in [0.4, 0.5) is 5.82 Å². The van der Waals surface area contributed by atoms with Gasteiger partial charge in [-0.25, -0.2) is 9.48 Å². The first-order valence-electron chi connectivity index (χ1n) is 5.93. The fourth-order valence-electron chi connectivity index (χ4n) is 1.42. The summed E-state index contributed by atoms with van der Waals surface area (Å²) in [6, 6.07) is 0.447. The summed E-state index contributed by atoms with van der Waals surface area (Å²) in [6.07, 6.45) is 0. The lowest BCUT2D eigenvalue weighted by molar-refractivity contribution is 0.284. The molecule has 102 valence electrons. The molecule has 1 rings (SSSR count). The maximum atomic E-state index is 11.8. The van der Waals surface area contributed by atoms with Gasteiger partial charge in [0.15, 0.2) is 0 Å². The predicted octanol–water partition coefficient (Wildman–Crippen LogP) is -0.769. The number of aromatic nitrogens is 3. The van der Waals surface area contributed by atoms with Crippen LogP contribution in [-0.4, -0.2) is 45.4 Å². The molecule has 0 aliphatic carbocycles. The van der Waals surface area contributed by atoms with Crippen LogP contribution in [-0.2, 0) is 14.1 Å². The lowest BCUT2D eigenvalue weighted by Gasteiger charge is -2.20. The van der Waals surface area contributed by atoms with E-state index in [9.17, 15) is 9.59 Å². The van der Waals surface area contributed by atoms with Crippen LogP contribution in [0.1, 0.15) is 13.8 Å². The minimum absolute atomic E-state index is 0.205. The van der Waals surface area contributed by atoms with Crippen molar-refractivity contribution < 1.29 is 0 Å². The van der Waals surface area contributed by atoms with Gasteiger partial charge in [-0.1, -0.05) is 0 Å². The van der Waals surface area contributed by atoms with E-state index < -0.39 is 11.2 Å². The molecule has 0 aromatic carbocycles. The molecule has 7 heteroatoms. The zero-order chi connectivity index (χ0) is 13.9.